The van der Waals surface area contributed by atoms with Gasteiger partial charge in [-0.3, -0.25) is 0 Å². The standard InChI is InChI=1S/C8H4I2S2/c9-5-3-6-4(1-2-12-6)7(10)8(5)11/h1-3,11H. The molecule has 0 aliphatic carbocycles. The molecular weight excluding hydrogens is 414 g/mol. The van der Waals surface area contributed by atoms with Gasteiger partial charge >= 0.3 is 0 Å². The zero-order valence-electron chi connectivity index (χ0n) is 5.84. The predicted octanol–water partition coefficient (Wildman–Crippen LogP) is 4.40. The van der Waals surface area contributed by atoms with Gasteiger partial charge in [0.15, 0.2) is 0 Å². The van der Waals surface area contributed by atoms with Crippen LogP contribution in [-0.4, -0.2) is 0 Å². The van der Waals surface area contributed by atoms with Gasteiger partial charge in [0.1, 0.15) is 0 Å². The zero-order chi connectivity index (χ0) is 8.72. The van der Waals surface area contributed by atoms with Crippen molar-refractivity contribution in [2.75, 3.05) is 0 Å². The minimum Gasteiger partial charge on any atom is -0.144 e. The van der Waals surface area contributed by atoms with Crippen LogP contribution in [0, 0.1) is 7.14 Å². The molecule has 0 unspecified atom stereocenters. The summed E-state index contributed by atoms with van der Waals surface area (Å²) in [6.45, 7) is 0. The molecule has 4 heteroatoms. The molecule has 0 saturated carbocycles. The second kappa shape index (κ2) is 3.62. The Morgan fingerprint density at radius 1 is 1.33 bits per heavy atom. The molecule has 0 aliphatic rings. The Kier molecular flexibility index (Phi) is 2.88. The van der Waals surface area contributed by atoms with Crippen molar-refractivity contribution in [1.29, 1.82) is 0 Å². The summed E-state index contributed by atoms with van der Waals surface area (Å²) in [4.78, 5) is 1.10. The fourth-order valence-electron chi connectivity index (χ4n) is 1.03. The lowest BCUT2D eigenvalue weighted by molar-refractivity contribution is 1.42. The molecule has 0 spiro atoms. The molecule has 1 aromatic heterocycles. The Morgan fingerprint density at radius 3 is 2.83 bits per heavy atom. The first kappa shape index (κ1) is 9.54. The normalized spacial score (nSPS) is 10.9. The van der Waals surface area contributed by atoms with E-state index in [4.69, 9.17) is 0 Å². The summed E-state index contributed by atoms with van der Waals surface area (Å²) in [5.74, 6) is 0. The maximum atomic E-state index is 4.45. The molecule has 62 valence electrons. The lowest BCUT2D eigenvalue weighted by Gasteiger charge is -2.01. The highest BCUT2D eigenvalue weighted by Crippen LogP contribution is 2.33. The average molecular weight is 418 g/mol. The lowest BCUT2D eigenvalue weighted by atomic mass is 10.3. The number of thiol groups is 1. The molecule has 2 rings (SSSR count). The van der Waals surface area contributed by atoms with Gasteiger partial charge in [-0.05, 0) is 62.7 Å². The van der Waals surface area contributed by atoms with Crippen LogP contribution >= 0.6 is 69.1 Å². The van der Waals surface area contributed by atoms with Gasteiger partial charge in [0.05, 0.1) is 0 Å². The van der Waals surface area contributed by atoms with Crippen LogP contribution in [0.4, 0.5) is 0 Å². The first-order valence-electron chi connectivity index (χ1n) is 3.24. The number of hydrogen-bond acceptors (Lipinski definition) is 2. The monoisotopic (exact) mass is 418 g/mol. The van der Waals surface area contributed by atoms with Gasteiger partial charge in [-0.1, -0.05) is 0 Å². The molecule has 0 radical (unpaired) electrons. The molecule has 0 nitrogen and oxygen atoms in total. The second-order valence-electron chi connectivity index (χ2n) is 2.35. The fraction of sp³-hybridized carbons (Fsp3) is 0. The van der Waals surface area contributed by atoms with Crippen molar-refractivity contribution in [3.8, 4) is 0 Å². The molecule has 0 aliphatic heterocycles. The van der Waals surface area contributed by atoms with E-state index >= 15 is 0 Å². The largest absolute Gasteiger partial charge is 0.144 e. The van der Waals surface area contributed by atoms with Crippen LogP contribution in [0.5, 0.6) is 0 Å². The minimum absolute atomic E-state index is 1.10. The molecule has 1 heterocycles. The van der Waals surface area contributed by atoms with Crippen LogP contribution in [-0.2, 0) is 0 Å². The molecule has 0 bridgehead atoms. The van der Waals surface area contributed by atoms with E-state index in [9.17, 15) is 0 Å². The minimum atomic E-state index is 1.10. The summed E-state index contributed by atoms with van der Waals surface area (Å²) < 4.78 is 3.84. The summed E-state index contributed by atoms with van der Waals surface area (Å²) in [5.41, 5.74) is 0. The van der Waals surface area contributed by atoms with Gasteiger partial charge in [0.25, 0.3) is 0 Å². The smallest absolute Gasteiger partial charge is 0.0364 e. The average Bonchev–Trinajstić information content (AvgIpc) is 2.48. The van der Waals surface area contributed by atoms with Crippen LogP contribution in [0.3, 0.4) is 0 Å². The van der Waals surface area contributed by atoms with Gasteiger partial charge in [-0.2, -0.15) is 0 Å². The highest BCUT2D eigenvalue weighted by molar-refractivity contribution is 14.1. The Hall–Kier alpha value is 0.990. The van der Waals surface area contributed by atoms with E-state index in [2.05, 4.69) is 75.3 Å². The number of fused-ring (bicyclic) bond motifs is 1. The topological polar surface area (TPSA) is 0 Å². The number of halogens is 2. The van der Waals surface area contributed by atoms with Crippen LogP contribution in [0.25, 0.3) is 10.1 Å². The van der Waals surface area contributed by atoms with E-state index in [1.807, 2.05) is 0 Å². The Labute approximate surface area is 107 Å². The summed E-state index contributed by atoms with van der Waals surface area (Å²) in [5, 5.41) is 3.45. The fourth-order valence-corrected chi connectivity index (χ4v) is 4.30. The van der Waals surface area contributed by atoms with Crippen molar-refractivity contribution in [2.24, 2.45) is 0 Å². The van der Waals surface area contributed by atoms with Gasteiger partial charge in [0, 0.05) is 22.1 Å². The molecule has 2 aromatic rings. The summed E-state index contributed by atoms with van der Waals surface area (Å²) in [6.07, 6.45) is 0. The molecule has 0 N–H and O–H groups in total. The van der Waals surface area contributed by atoms with Crippen molar-refractivity contribution in [2.45, 2.75) is 4.90 Å². The lowest BCUT2D eigenvalue weighted by Crippen LogP contribution is -1.80. The molecule has 0 amide bonds. The highest BCUT2D eigenvalue weighted by Gasteiger charge is 2.06. The van der Waals surface area contributed by atoms with E-state index in [-0.39, 0.29) is 0 Å². The van der Waals surface area contributed by atoms with Gasteiger partial charge < -0.3 is 0 Å². The third-order valence-electron chi connectivity index (χ3n) is 1.62. The van der Waals surface area contributed by atoms with Gasteiger partial charge in [-0.15, -0.1) is 24.0 Å². The molecule has 0 saturated heterocycles. The number of rotatable bonds is 0. The Morgan fingerprint density at radius 2 is 2.08 bits per heavy atom. The van der Waals surface area contributed by atoms with Crippen molar-refractivity contribution < 1.29 is 0 Å². The van der Waals surface area contributed by atoms with Crippen LogP contribution in [0.15, 0.2) is 22.4 Å². The molecular formula is C8H4I2S2. The quantitative estimate of drug-likeness (QED) is 0.476. The maximum absolute atomic E-state index is 4.45. The number of thiophene rings is 1. The highest BCUT2D eigenvalue weighted by atomic mass is 127. The summed E-state index contributed by atoms with van der Waals surface area (Å²) >= 11 is 10.9. The molecule has 12 heavy (non-hydrogen) atoms. The first-order chi connectivity index (χ1) is 5.70. The predicted molar refractivity (Wildman–Crippen MR) is 74.5 cm³/mol. The van der Waals surface area contributed by atoms with Crippen molar-refractivity contribution >= 4 is 79.2 Å². The van der Waals surface area contributed by atoms with E-state index in [1.165, 1.54) is 17.2 Å². The Balaban J connectivity index is 2.94. The van der Waals surface area contributed by atoms with Crippen molar-refractivity contribution in [1.82, 2.24) is 0 Å². The number of benzene rings is 1. The molecule has 0 atom stereocenters. The SMILES string of the molecule is Sc1c(I)cc2sccc2c1I. The van der Waals surface area contributed by atoms with Crippen LogP contribution in [0.1, 0.15) is 0 Å². The number of hydrogen-bond donors (Lipinski definition) is 1. The van der Waals surface area contributed by atoms with Crippen LogP contribution < -0.4 is 0 Å². The Bertz CT molecular complexity index is 434. The van der Waals surface area contributed by atoms with Crippen LogP contribution in [0.2, 0.25) is 0 Å². The van der Waals surface area contributed by atoms with E-state index in [0.717, 1.165) is 4.90 Å². The first-order valence-corrected chi connectivity index (χ1v) is 6.73. The third kappa shape index (κ3) is 1.51. The summed E-state index contributed by atoms with van der Waals surface area (Å²) in [6, 6.07) is 4.34. The summed E-state index contributed by atoms with van der Waals surface area (Å²) in [7, 11) is 0. The zero-order valence-corrected chi connectivity index (χ0v) is 11.9. The van der Waals surface area contributed by atoms with Gasteiger partial charge in [-0.25, -0.2) is 0 Å². The second-order valence-corrected chi connectivity index (χ2v) is 5.99. The third-order valence-corrected chi connectivity index (χ3v) is 5.78. The molecule has 0 fully saturated rings. The molecule has 1 aromatic carbocycles. The van der Waals surface area contributed by atoms with E-state index in [1.54, 1.807) is 11.3 Å². The van der Waals surface area contributed by atoms with Gasteiger partial charge in [0.2, 0.25) is 0 Å². The van der Waals surface area contributed by atoms with E-state index < -0.39 is 0 Å². The van der Waals surface area contributed by atoms with E-state index in [0.29, 0.717) is 0 Å². The van der Waals surface area contributed by atoms with Crippen molar-refractivity contribution in [3.05, 3.63) is 24.7 Å². The maximum Gasteiger partial charge on any atom is 0.0364 e. The van der Waals surface area contributed by atoms with Crippen molar-refractivity contribution in [3.63, 3.8) is 0 Å².